The van der Waals surface area contributed by atoms with Crippen LogP contribution in [0.1, 0.15) is 47.8 Å². The Kier molecular flexibility index (Phi) is 8.15. The van der Waals surface area contributed by atoms with Crippen molar-refractivity contribution in [2.75, 3.05) is 13.2 Å². The summed E-state index contributed by atoms with van der Waals surface area (Å²) in [5, 5.41) is 7.17. The number of hydrogen-bond acceptors (Lipinski definition) is 4. The Labute approximate surface area is 247 Å². The lowest BCUT2D eigenvalue weighted by Gasteiger charge is -2.19. The van der Waals surface area contributed by atoms with Gasteiger partial charge in [0.15, 0.2) is 11.5 Å². The molecule has 0 atom stereocenters. The minimum absolute atomic E-state index is 0.322. The highest BCUT2D eigenvalue weighted by atomic mass is 35.5. The second-order valence-corrected chi connectivity index (χ2v) is 10.3. The van der Waals surface area contributed by atoms with E-state index in [9.17, 15) is 9.59 Å². The third-order valence-electron chi connectivity index (χ3n) is 6.90. The smallest absolute Gasteiger partial charge is 0.275 e. The van der Waals surface area contributed by atoms with Crippen LogP contribution < -0.4 is 20.6 Å². The van der Waals surface area contributed by atoms with Crippen LogP contribution in [0.2, 0.25) is 10.0 Å². The molecule has 2 aromatic heterocycles. The second-order valence-electron chi connectivity index (χ2n) is 9.49. The van der Waals surface area contributed by atoms with Crippen LogP contribution in [0.3, 0.4) is 0 Å². The molecule has 2 N–H and O–H groups in total. The molecule has 10 heteroatoms. The number of nitrogens with one attached hydrogen (secondary N) is 2. The van der Waals surface area contributed by atoms with Crippen LogP contribution in [0.15, 0.2) is 76.3 Å². The minimum Gasteiger partial charge on any atom is -0.490 e. The monoisotopic (exact) mass is 592 g/mol. The van der Waals surface area contributed by atoms with Crippen molar-refractivity contribution >= 4 is 23.2 Å². The fourth-order valence-electron chi connectivity index (χ4n) is 5.13. The molecule has 0 amide bonds. The van der Waals surface area contributed by atoms with Crippen LogP contribution in [-0.2, 0) is 0 Å². The van der Waals surface area contributed by atoms with Gasteiger partial charge in [-0.25, -0.2) is 9.36 Å². The Morgan fingerprint density at radius 1 is 0.707 bits per heavy atom. The summed E-state index contributed by atoms with van der Waals surface area (Å²) in [6.45, 7) is 8.28. The average Bonchev–Trinajstić information content (AvgIpc) is 3.41. The molecule has 5 aromatic rings. The van der Waals surface area contributed by atoms with Crippen molar-refractivity contribution in [3.8, 4) is 22.9 Å². The Bertz CT molecular complexity index is 1730. The Balaban J connectivity index is 1.80. The maximum Gasteiger partial charge on any atom is 0.275 e. The zero-order valence-corrected chi connectivity index (χ0v) is 24.6. The second kappa shape index (κ2) is 11.8. The van der Waals surface area contributed by atoms with Gasteiger partial charge in [-0.2, -0.15) is 0 Å². The fourth-order valence-corrected chi connectivity index (χ4v) is 5.57. The van der Waals surface area contributed by atoms with E-state index in [-0.39, 0.29) is 11.1 Å². The number of H-pyrrole nitrogens is 2. The number of benzene rings is 3. The summed E-state index contributed by atoms with van der Waals surface area (Å²) in [5.41, 5.74) is 3.05. The number of nitrogens with zero attached hydrogens (tertiary/aromatic N) is 2. The van der Waals surface area contributed by atoms with E-state index >= 15 is 0 Å². The van der Waals surface area contributed by atoms with E-state index in [0.717, 1.165) is 0 Å². The first-order valence-electron chi connectivity index (χ1n) is 13.3. The highest BCUT2D eigenvalue weighted by molar-refractivity contribution is 6.32. The third kappa shape index (κ3) is 5.21. The van der Waals surface area contributed by atoms with Crippen molar-refractivity contribution in [3.05, 3.63) is 126 Å². The SMILES string of the molecule is CCOc1ccc(C(c2c(C)[nH]n(-c3ccccc3Cl)c2=O)c2c(C)[nH]n(-c3ccccc3Cl)c2=O)cc1OCC. The van der Waals surface area contributed by atoms with Crippen molar-refractivity contribution < 1.29 is 9.47 Å². The number of rotatable bonds is 9. The van der Waals surface area contributed by atoms with E-state index in [1.54, 1.807) is 54.6 Å². The van der Waals surface area contributed by atoms with E-state index in [1.807, 2.05) is 39.8 Å². The van der Waals surface area contributed by atoms with Gasteiger partial charge in [-0.3, -0.25) is 19.8 Å². The topological polar surface area (TPSA) is 94.0 Å². The maximum absolute atomic E-state index is 14.1. The number of aromatic nitrogens is 4. The Morgan fingerprint density at radius 2 is 1.17 bits per heavy atom. The normalized spacial score (nSPS) is 11.3. The summed E-state index contributed by atoms with van der Waals surface area (Å²) in [7, 11) is 0. The number of aromatic amines is 2. The first-order valence-corrected chi connectivity index (χ1v) is 14.0. The predicted octanol–water partition coefficient (Wildman–Crippen LogP) is 6.55. The fraction of sp³-hybridized carbons (Fsp3) is 0.226. The van der Waals surface area contributed by atoms with Gasteiger partial charge in [0, 0.05) is 17.3 Å². The van der Waals surface area contributed by atoms with E-state index in [2.05, 4.69) is 10.2 Å². The molecule has 0 radical (unpaired) electrons. The Morgan fingerprint density at radius 3 is 1.63 bits per heavy atom. The molecule has 0 saturated heterocycles. The molecule has 0 spiro atoms. The molecular formula is C31H30Cl2N4O4. The van der Waals surface area contributed by atoms with Crippen LogP contribution in [0, 0.1) is 13.8 Å². The van der Waals surface area contributed by atoms with E-state index in [0.29, 0.717) is 74.2 Å². The summed E-state index contributed by atoms with van der Waals surface area (Å²) in [6, 6.07) is 19.7. The lowest BCUT2D eigenvalue weighted by molar-refractivity contribution is 0.287. The molecule has 212 valence electrons. The molecule has 0 fully saturated rings. The Hall–Kier alpha value is -4.14. The summed E-state index contributed by atoms with van der Waals surface area (Å²) in [4.78, 5) is 28.3. The molecular weight excluding hydrogens is 563 g/mol. The quantitative estimate of drug-likeness (QED) is 0.203. The third-order valence-corrected chi connectivity index (χ3v) is 7.54. The molecule has 8 nitrogen and oxygen atoms in total. The van der Waals surface area contributed by atoms with Crippen LogP contribution in [0.25, 0.3) is 11.4 Å². The van der Waals surface area contributed by atoms with Crippen molar-refractivity contribution in [2.24, 2.45) is 0 Å². The van der Waals surface area contributed by atoms with Crippen LogP contribution in [0.5, 0.6) is 11.5 Å². The maximum atomic E-state index is 14.1. The van der Waals surface area contributed by atoms with E-state index in [1.165, 1.54) is 9.36 Å². The summed E-state index contributed by atoms with van der Waals surface area (Å²) in [6.07, 6.45) is 0. The largest absolute Gasteiger partial charge is 0.490 e. The lowest BCUT2D eigenvalue weighted by atomic mass is 9.85. The molecule has 0 aliphatic rings. The van der Waals surface area contributed by atoms with Gasteiger partial charge in [0.2, 0.25) is 0 Å². The average molecular weight is 594 g/mol. The molecule has 2 heterocycles. The van der Waals surface area contributed by atoms with Gasteiger partial charge in [0.1, 0.15) is 0 Å². The minimum atomic E-state index is -0.759. The predicted molar refractivity (Wildman–Crippen MR) is 162 cm³/mol. The summed E-state index contributed by atoms with van der Waals surface area (Å²) < 4.78 is 14.5. The number of ether oxygens (including phenoxy) is 2. The van der Waals surface area contributed by atoms with Gasteiger partial charge in [0.05, 0.1) is 45.8 Å². The number of halogens is 2. The number of para-hydroxylation sites is 2. The van der Waals surface area contributed by atoms with Crippen LogP contribution in [0.4, 0.5) is 0 Å². The highest BCUT2D eigenvalue weighted by Gasteiger charge is 2.32. The van der Waals surface area contributed by atoms with Gasteiger partial charge >= 0.3 is 0 Å². The van der Waals surface area contributed by atoms with Crippen molar-refractivity contribution in [1.29, 1.82) is 0 Å². The highest BCUT2D eigenvalue weighted by Crippen LogP contribution is 2.38. The van der Waals surface area contributed by atoms with E-state index in [4.69, 9.17) is 32.7 Å². The molecule has 0 unspecified atom stereocenters. The van der Waals surface area contributed by atoms with Gasteiger partial charge < -0.3 is 9.47 Å². The lowest BCUT2D eigenvalue weighted by Crippen LogP contribution is -2.25. The van der Waals surface area contributed by atoms with Gasteiger partial charge in [0.25, 0.3) is 11.1 Å². The number of hydrogen-bond donors (Lipinski definition) is 2. The first-order chi connectivity index (χ1) is 19.8. The first kappa shape index (κ1) is 28.4. The van der Waals surface area contributed by atoms with Crippen LogP contribution >= 0.6 is 23.2 Å². The number of aryl methyl sites for hydroxylation is 2. The van der Waals surface area contributed by atoms with Gasteiger partial charge in [-0.1, -0.05) is 53.5 Å². The standard InChI is InChI=1S/C31H30Cl2N4O4/c1-5-40-25-16-15-20(17-26(25)41-6-2)29(27-18(3)34-36(30(27)38)23-13-9-7-11-21(23)32)28-19(4)35-37(31(28)39)24-14-10-8-12-22(24)33/h7-17,29,34-35H,5-6H2,1-4H3. The molecule has 0 bridgehead atoms. The molecule has 0 aliphatic heterocycles. The molecule has 0 aliphatic carbocycles. The van der Waals surface area contributed by atoms with Gasteiger partial charge in [-0.05, 0) is 69.7 Å². The van der Waals surface area contributed by atoms with E-state index < -0.39 is 5.92 Å². The molecule has 41 heavy (non-hydrogen) atoms. The summed E-state index contributed by atoms with van der Waals surface area (Å²) >= 11 is 12.9. The molecule has 0 saturated carbocycles. The molecule has 5 rings (SSSR count). The zero-order chi connectivity index (χ0) is 29.3. The summed E-state index contributed by atoms with van der Waals surface area (Å²) in [5.74, 6) is 0.344. The van der Waals surface area contributed by atoms with Crippen molar-refractivity contribution in [1.82, 2.24) is 19.6 Å². The zero-order valence-electron chi connectivity index (χ0n) is 23.1. The van der Waals surface area contributed by atoms with Crippen molar-refractivity contribution in [3.63, 3.8) is 0 Å². The van der Waals surface area contributed by atoms with Crippen LogP contribution in [-0.4, -0.2) is 32.8 Å². The molecule has 3 aromatic carbocycles. The van der Waals surface area contributed by atoms with Crippen molar-refractivity contribution in [2.45, 2.75) is 33.6 Å². The van der Waals surface area contributed by atoms with Gasteiger partial charge in [-0.15, -0.1) is 0 Å².